The van der Waals surface area contributed by atoms with Crippen LogP contribution in [-0.2, 0) is 9.59 Å². The number of hydrogen-bond acceptors (Lipinski definition) is 3. The predicted molar refractivity (Wildman–Crippen MR) is 95.6 cm³/mol. The van der Waals surface area contributed by atoms with Gasteiger partial charge in [-0.15, -0.1) is 0 Å². The minimum atomic E-state index is -0.452. The Kier molecular flexibility index (Phi) is 9.65. The fourth-order valence-electron chi connectivity index (χ4n) is 3.40. The number of carbonyl (C=O) groups excluding carboxylic acids is 3. The first kappa shape index (κ1) is 20.7. The lowest BCUT2D eigenvalue weighted by molar-refractivity contribution is -0.126. The molecule has 1 fully saturated rings. The second-order valence-electron chi connectivity index (χ2n) is 6.93. The van der Waals surface area contributed by atoms with E-state index in [1.165, 1.54) is 75.0 Å². The Balaban J connectivity index is 2.18. The monoisotopic (exact) mass is 338 g/mol. The van der Waals surface area contributed by atoms with E-state index in [4.69, 9.17) is 0 Å². The first-order chi connectivity index (χ1) is 11.5. The van der Waals surface area contributed by atoms with E-state index >= 15 is 0 Å². The van der Waals surface area contributed by atoms with Gasteiger partial charge in [-0.3, -0.25) is 19.4 Å². The summed E-state index contributed by atoms with van der Waals surface area (Å²) in [5.74, 6) is -0.544. The smallest absolute Gasteiger partial charge is 0.275 e. The van der Waals surface area contributed by atoms with Crippen LogP contribution in [0.15, 0.2) is 0 Å². The zero-order valence-electron chi connectivity index (χ0n) is 15.7. The molecular weight excluding hydrogens is 304 g/mol. The lowest BCUT2D eigenvalue weighted by Crippen LogP contribution is -2.39. The van der Waals surface area contributed by atoms with Gasteiger partial charge in [0.2, 0.25) is 11.8 Å². The van der Waals surface area contributed by atoms with Crippen LogP contribution in [0, 0.1) is 0 Å². The summed E-state index contributed by atoms with van der Waals surface area (Å²) < 4.78 is 0. The average molecular weight is 338 g/mol. The number of urea groups is 1. The van der Waals surface area contributed by atoms with Crippen LogP contribution < -0.4 is 0 Å². The van der Waals surface area contributed by atoms with E-state index in [1.54, 1.807) is 0 Å². The molecule has 1 rings (SSSR count). The number of rotatable bonds is 11. The Hall–Kier alpha value is -1.39. The fourth-order valence-corrected chi connectivity index (χ4v) is 3.40. The van der Waals surface area contributed by atoms with Crippen LogP contribution in [0.5, 0.6) is 0 Å². The highest BCUT2D eigenvalue weighted by molar-refractivity contribution is 6.03. The predicted octanol–water partition coefficient (Wildman–Crippen LogP) is 4.50. The second kappa shape index (κ2) is 11.2. The minimum Gasteiger partial charge on any atom is -0.275 e. The third-order valence-corrected chi connectivity index (χ3v) is 4.81. The highest BCUT2D eigenvalue weighted by Gasteiger charge is 2.40. The summed E-state index contributed by atoms with van der Waals surface area (Å²) in [4.78, 5) is 37.7. The normalized spacial score (nSPS) is 17.6. The summed E-state index contributed by atoms with van der Waals surface area (Å²) in [6.07, 6.45) is 13.4. The first-order valence-electron chi connectivity index (χ1n) is 9.60. The Bertz CT molecular complexity index is 423. The lowest BCUT2D eigenvalue weighted by Gasteiger charge is -2.19. The molecule has 138 valence electrons. The SMILES string of the molecule is CCCCCCCCCCCCC1CN(C(C)=O)C(=O)N1C(C)=O. The summed E-state index contributed by atoms with van der Waals surface area (Å²) in [5, 5.41) is 0. The molecule has 0 aromatic heterocycles. The van der Waals surface area contributed by atoms with Gasteiger partial charge in [0.05, 0.1) is 12.6 Å². The van der Waals surface area contributed by atoms with E-state index in [0.717, 1.165) is 19.3 Å². The van der Waals surface area contributed by atoms with Crippen molar-refractivity contribution in [3.63, 3.8) is 0 Å². The summed E-state index contributed by atoms with van der Waals surface area (Å²) in [6.45, 7) is 5.36. The molecule has 0 N–H and O–H groups in total. The molecule has 1 unspecified atom stereocenters. The molecule has 0 aromatic carbocycles. The van der Waals surface area contributed by atoms with E-state index < -0.39 is 6.03 Å². The Morgan fingerprint density at radius 1 is 0.875 bits per heavy atom. The standard InChI is InChI=1S/C19H34N2O3/c1-4-5-6-7-8-9-10-11-12-13-14-18-15-20(16(2)22)19(24)21(18)17(3)23/h18H,4-15H2,1-3H3. The van der Waals surface area contributed by atoms with Gasteiger partial charge in [0.25, 0.3) is 0 Å². The average Bonchev–Trinajstić information content (AvgIpc) is 2.86. The van der Waals surface area contributed by atoms with Crippen molar-refractivity contribution in [3.05, 3.63) is 0 Å². The third-order valence-electron chi connectivity index (χ3n) is 4.81. The van der Waals surface area contributed by atoms with Crippen molar-refractivity contribution in [2.24, 2.45) is 0 Å². The Morgan fingerprint density at radius 2 is 1.38 bits per heavy atom. The number of carbonyl (C=O) groups is 3. The van der Waals surface area contributed by atoms with Crippen molar-refractivity contribution in [3.8, 4) is 0 Å². The van der Waals surface area contributed by atoms with Gasteiger partial charge in [-0.25, -0.2) is 4.79 Å². The summed E-state index contributed by atoms with van der Waals surface area (Å²) in [5.41, 5.74) is 0. The van der Waals surface area contributed by atoms with E-state index in [0.29, 0.717) is 6.54 Å². The maximum Gasteiger partial charge on any atom is 0.333 e. The molecule has 1 aliphatic rings. The topological polar surface area (TPSA) is 57.7 Å². The van der Waals surface area contributed by atoms with Crippen molar-refractivity contribution in [1.29, 1.82) is 0 Å². The highest BCUT2D eigenvalue weighted by Crippen LogP contribution is 2.22. The van der Waals surface area contributed by atoms with E-state index in [9.17, 15) is 14.4 Å². The van der Waals surface area contributed by atoms with Crippen LogP contribution >= 0.6 is 0 Å². The number of nitrogens with zero attached hydrogens (tertiary/aromatic N) is 2. The van der Waals surface area contributed by atoms with Gasteiger partial charge in [0, 0.05) is 13.8 Å². The van der Waals surface area contributed by atoms with Crippen LogP contribution in [0.25, 0.3) is 0 Å². The molecule has 1 saturated heterocycles. The van der Waals surface area contributed by atoms with Crippen LogP contribution in [0.2, 0.25) is 0 Å². The first-order valence-corrected chi connectivity index (χ1v) is 9.60. The minimum absolute atomic E-state index is 0.145. The molecule has 0 saturated carbocycles. The van der Waals surface area contributed by atoms with Crippen molar-refractivity contribution in [2.75, 3.05) is 6.54 Å². The number of amides is 4. The van der Waals surface area contributed by atoms with E-state index in [-0.39, 0.29) is 17.9 Å². The Morgan fingerprint density at radius 3 is 1.83 bits per heavy atom. The number of hydrogen-bond donors (Lipinski definition) is 0. The van der Waals surface area contributed by atoms with Gasteiger partial charge in [-0.05, 0) is 6.42 Å². The van der Waals surface area contributed by atoms with Gasteiger partial charge in [0.1, 0.15) is 0 Å². The van der Waals surface area contributed by atoms with Crippen LogP contribution in [0.1, 0.15) is 91.4 Å². The molecule has 1 aliphatic heterocycles. The zero-order valence-corrected chi connectivity index (χ0v) is 15.7. The number of imide groups is 2. The molecule has 24 heavy (non-hydrogen) atoms. The van der Waals surface area contributed by atoms with Crippen LogP contribution in [0.4, 0.5) is 4.79 Å². The molecular formula is C19H34N2O3. The van der Waals surface area contributed by atoms with E-state index in [2.05, 4.69) is 6.92 Å². The largest absolute Gasteiger partial charge is 0.333 e. The highest BCUT2D eigenvalue weighted by atomic mass is 16.2. The third kappa shape index (κ3) is 6.62. The van der Waals surface area contributed by atoms with Crippen molar-refractivity contribution < 1.29 is 14.4 Å². The summed E-state index contributed by atoms with van der Waals surface area (Å²) in [6, 6.07) is -0.597. The lowest BCUT2D eigenvalue weighted by atomic mass is 10.0. The molecule has 0 spiro atoms. The van der Waals surface area contributed by atoms with Gasteiger partial charge in [0.15, 0.2) is 0 Å². The van der Waals surface area contributed by atoms with E-state index in [1.807, 2.05) is 0 Å². The van der Waals surface area contributed by atoms with Gasteiger partial charge in [-0.1, -0.05) is 71.1 Å². The zero-order chi connectivity index (χ0) is 17.9. The van der Waals surface area contributed by atoms with Crippen molar-refractivity contribution >= 4 is 17.8 Å². The fraction of sp³-hybridized carbons (Fsp3) is 0.842. The van der Waals surface area contributed by atoms with Gasteiger partial charge < -0.3 is 0 Å². The molecule has 5 heteroatoms. The number of unbranched alkanes of at least 4 members (excludes halogenated alkanes) is 9. The quantitative estimate of drug-likeness (QED) is 0.521. The maximum absolute atomic E-state index is 12.1. The van der Waals surface area contributed by atoms with Crippen molar-refractivity contribution in [1.82, 2.24) is 9.80 Å². The van der Waals surface area contributed by atoms with Crippen LogP contribution in [0.3, 0.4) is 0 Å². The molecule has 1 heterocycles. The molecule has 1 atom stereocenters. The van der Waals surface area contributed by atoms with Gasteiger partial charge >= 0.3 is 6.03 Å². The molecule has 0 bridgehead atoms. The summed E-state index contributed by atoms with van der Waals surface area (Å²) >= 11 is 0. The molecule has 5 nitrogen and oxygen atoms in total. The Labute approximate surface area is 146 Å². The maximum atomic E-state index is 12.1. The van der Waals surface area contributed by atoms with Crippen molar-refractivity contribution in [2.45, 2.75) is 97.4 Å². The summed E-state index contributed by atoms with van der Waals surface area (Å²) in [7, 11) is 0. The molecule has 0 aliphatic carbocycles. The molecule has 4 amide bonds. The van der Waals surface area contributed by atoms with Crippen LogP contribution in [-0.4, -0.2) is 40.2 Å². The second-order valence-corrected chi connectivity index (χ2v) is 6.93. The molecule has 0 aromatic rings. The van der Waals surface area contributed by atoms with Gasteiger partial charge in [-0.2, -0.15) is 0 Å². The molecule has 0 radical (unpaired) electrons.